The van der Waals surface area contributed by atoms with Crippen LogP contribution in [-0.4, -0.2) is 11.8 Å². The van der Waals surface area contributed by atoms with E-state index < -0.39 is 0 Å². The van der Waals surface area contributed by atoms with E-state index in [0.29, 0.717) is 12.1 Å². The molecule has 1 N–H and O–H groups in total. The second kappa shape index (κ2) is 3.91. The van der Waals surface area contributed by atoms with Crippen molar-refractivity contribution >= 4 is 11.8 Å². The summed E-state index contributed by atoms with van der Waals surface area (Å²) in [5, 5.41) is 3.44. The molecule has 0 radical (unpaired) electrons. The van der Waals surface area contributed by atoms with Crippen molar-refractivity contribution < 1.29 is 4.39 Å². The molecule has 0 amide bonds. The Labute approximate surface area is 88.1 Å². The lowest BCUT2D eigenvalue weighted by Crippen LogP contribution is -2.28. The van der Waals surface area contributed by atoms with Gasteiger partial charge in [-0.2, -0.15) is 0 Å². The molecule has 1 nitrogen and oxygen atoms in total. The van der Waals surface area contributed by atoms with Crippen molar-refractivity contribution in [2.75, 3.05) is 5.75 Å². The van der Waals surface area contributed by atoms with E-state index in [9.17, 15) is 4.39 Å². The lowest BCUT2D eigenvalue weighted by atomic mass is 10.1. The van der Waals surface area contributed by atoms with E-state index in [4.69, 9.17) is 0 Å². The molecule has 0 bridgehead atoms. The highest BCUT2D eigenvalue weighted by atomic mass is 32.2. The van der Waals surface area contributed by atoms with Crippen molar-refractivity contribution in [1.29, 1.82) is 0 Å². The van der Waals surface area contributed by atoms with Crippen LogP contribution in [0.3, 0.4) is 0 Å². The van der Waals surface area contributed by atoms with Crippen LogP contribution < -0.4 is 5.32 Å². The molecule has 0 spiro atoms. The first kappa shape index (κ1) is 9.99. The predicted molar refractivity (Wildman–Crippen MR) is 58.1 cm³/mol. The summed E-state index contributed by atoms with van der Waals surface area (Å²) in [5.41, 5.74) is 1.11. The Morgan fingerprint density at radius 1 is 1.50 bits per heavy atom. The standard InChI is InChI=1S/C11H14FNS/c1-7(2)13-10-6-14-11-4-3-8(12)5-9(10)11/h3-5,7,10,13H,6H2,1-2H3. The number of halogens is 1. The average Bonchev–Trinajstić information content (AvgIpc) is 2.47. The SMILES string of the molecule is CC(C)NC1CSc2ccc(F)cc21. The second-order valence-electron chi connectivity index (χ2n) is 3.87. The van der Waals surface area contributed by atoms with E-state index in [1.54, 1.807) is 17.8 Å². The molecule has 0 aliphatic carbocycles. The van der Waals surface area contributed by atoms with E-state index in [1.165, 1.54) is 11.0 Å². The van der Waals surface area contributed by atoms with Gasteiger partial charge in [0.25, 0.3) is 0 Å². The van der Waals surface area contributed by atoms with Crippen molar-refractivity contribution in [3.05, 3.63) is 29.6 Å². The lowest BCUT2D eigenvalue weighted by molar-refractivity contribution is 0.509. The molecule has 76 valence electrons. The van der Waals surface area contributed by atoms with Crippen LogP contribution in [0.25, 0.3) is 0 Å². The molecule has 1 aliphatic heterocycles. The number of fused-ring (bicyclic) bond motifs is 1. The summed E-state index contributed by atoms with van der Waals surface area (Å²) in [6.45, 7) is 4.23. The quantitative estimate of drug-likeness (QED) is 0.807. The monoisotopic (exact) mass is 211 g/mol. The third-order valence-corrected chi connectivity index (χ3v) is 3.47. The minimum atomic E-state index is -0.137. The highest BCUT2D eigenvalue weighted by molar-refractivity contribution is 7.99. The highest BCUT2D eigenvalue weighted by Gasteiger charge is 2.23. The van der Waals surface area contributed by atoms with Gasteiger partial charge in [0.2, 0.25) is 0 Å². The number of hydrogen-bond donors (Lipinski definition) is 1. The van der Waals surface area contributed by atoms with Gasteiger partial charge in [-0.15, -0.1) is 11.8 Å². The zero-order valence-corrected chi connectivity index (χ0v) is 9.20. The Bertz CT molecular complexity index is 338. The second-order valence-corrected chi connectivity index (χ2v) is 4.93. The van der Waals surface area contributed by atoms with E-state index in [2.05, 4.69) is 19.2 Å². The fraction of sp³-hybridized carbons (Fsp3) is 0.455. The molecule has 3 heteroatoms. The molecule has 0 aromatic heterocycles. The zero-order chi connectivity index (χ0) is 10.1. The van der Waals surface area contributed by atoms with Crippen LogP contribution in [0.2, 0.25) is 0 Å². The van der Waals surface area contributed by atoms with Gasteiger partial charge in [0.15, 0.2) is 0 Å². The number of thioether (sulfide) groups is 1. The largest absolute Gasteiger partial charge is 0.307 e. The van der Waals surface area contributed by atoms with Gasteiger partial charge in [-0.25, -0.2) is 4.39 Å². The van der Waals surface area contributed by atoms with Crippen LogP contribution in [0, 0.1) is 5.82 Å². The Kier molecular flexibility index (Phi) is 2.79. The van der Waals surface area contributed by atoms with Crippen molar-refractivity contribution in [1.82, 2.24) is 5.32 Å². The third kappa shape index (κ3) is 1.93. The molecule has 1 unspecified atom stereocenters. The summed E-state index contributed by atoms with van der Waals surface area (Å²) >= 11 is 1.80. The van der Waals surface area contributed by atoms with Gasteiger partial charge >= 0.3 is 0 Å². The minimum Gasteiger partial charge on any atom is -0.307 e. The molecular weight excluding hydrogens is 197 g/mol. The molecule has 2 rings (SSSR count). The topological polar surface area (TPSA) is 12.0 Å². The van der Waals surface area contributed by atoms with Crippen molar-refractivity contribution in [2.24, 2.45) is 0 Å². The van der Waals surface area contributed by atoms with Crippen LogP contribution in [0.1, 0.15) is 25.5 Å². The highest BCUT2D eigenvalue weighted by Crippen LogP contribution is 2.38. The number of hydrogen-bond acceptors (Lipinski definition) is 2. The van der Waals surface area contributed by atoms with E-state index in [0.717, 1.165) is 11.3 Å². The number of rotatable bonds is 2. The van der Waals surface area contributed by atoms with E-state index in [-0.39, 0.29) is 5.82 Å². The first-order valence-electron chi connectivity index (χ1n) is 4.85. The van der Waals surface area contributed by atoms with E-state index in [1.807, 2.05) is 6.07 Å². The molecule has 0 fully saturated rings. The molecule has 1 aromatic carbocycles. The summed E-state index contributed by atoms with van der Waals surface area (Å²) in [5.74, 6) is 0.874. The maximum atomic E-state index is 13.0. The van der Waals surface area contributed by atoms with Gasteiger partial charge in [-0.05, 0) is 23.8 Å². The molecule has 0 saturated heterocycles. The van der Waals surface area contributed by atoms with Gasteiger partial charge in [0.05, 0.1) is 0 Å². The van der Waals surface area contributed by atoms with Crippen molar-refractivity contribution in [2.45, 2.75) is 30.8 Å². The van der Waals surface area contributed by atoms with E-state index >= 15 is 0 Å². The number of benzene rings is 1. The fourth-order valence-electron chi connectivity index (χ4n) is 1.73. The maximum absolute atomic E-state index is 13.0. The van der Waals surface area contributed by atoms with Crippen LogP contribution in [0.5, 0.6) is 0 Å². The normalized spacial score (nSPS) is 20.1. The number of nitrogens with one attached hydrogen (secondary N) is 1. The first-order chi connectivity index (χ1) is 6.66. The van der Waals surface area contributed by atoms with Gasteiger partial charge in [-0.1, -0.05) is 13.8 Å². The summed E-state index contributed by atoms with van der Waals surface area (Å²) in [4.78, 5) is 1.21. The minimum absolute atomic E-state index is 0.137. The Balaban J connectivity index is 2.24. The Morgan fingerprint density at radius 2 is 2.29 bits per heavy atom. The van der Waals surface area contributed by atoms with Gasteiger partial charge < -0.3 is 5.32 Å². The summed E-state index contributed by atoms with van der Waals surface area (Å²) in [7, 11) is 0. The molecular formula is C11H14FNS. The van der Waals surface area contributed by atoms with Gasteiger partial charge in [-0.3, -0.25) is 0 Å². The van der Waals surface area contributed by atoms with Crippen molar-refractivity contribution in [3.8, 4) is 0 Å². The summed E-state index contributed by atoms with van der Waals surface area (Å²) in [6.07, 6.45) is 0. The zero-order valence-electron chi connectivity index (χ0n) is 8.38. The Hall–Kier alpha value is -0.540. The predicted octanol–water partition coefficient (Wildman–Crippen LogP) is 2.97. The molecule has 14 heavy (non-hydrogen) atoms. The summed E-state index contributed by atoms with van der Waals surface area (Å²) < 4.78 is 13.0. The smallest absolute Gasteiger partial charge is 0.123 e. The average molecular weight is 211 g/mol. The van der Waals surface area contributed by atoms with Crippen LogP contribution in [0.4, 0.5) is 4.39 Å². The lowest BCUT2D eigenvalue weighted by Gasteiger charge is -2.16. The fourth-order valence-corrected chi connectivity index (χ4v) is 2.88. The van der Waals surface area contributed by atoms with Crippen LogP contribution in [0.15, 0.2) is 23.1 Å². The van der Waals surface area contributed by atoms with Gasteiger partial charge in [0.1, 0.15) is 5.82 Å². The van der Waals surface area contributed by atoms with Crippen LogP contribution in [-0.2, 0) is 0 Å². The molecule has 1 heterocycles. The Morgan fingerprint density at radius 3 is 3.00 bits per heavy atom. The molecule has 1 aliphatic rings. The third-order valence-electron chi connectivity index (χ3n) is 2.29. The van der Waals surface area contributed by atoms with Gasteiger partial charge in [0, 0.05) is 22.7 Å². The maximum Gasteiger partial charge on any atom is 0.123 e. The van der Waals surface area contributed by atoms with Crippen molar-refractivity contribution in [3.63, 3.8) is 0 Å². The summed E-state index contributed by atoms with van der Waals surface area (Å²) in [6, 6.07) is 5.80. The molecule has 1 aromatic rings. The molecule has 0 saturated carbocycles. The van der Waals surface area contributed by atoms with Crippen LogP contribution >= 0.6 is 11.8 Å². The molecule has 1 atom stereocenters. The first-order valence-corrected chi connectivity index (χ1v) is 5.83.